The third kappa shape index (κ3) is 5.30. The molecule has 3 amide bonds. The SMILES string of the molecule is COCc1c(C(=O)O[C@@H](C)C(=O)NC(=O)NC(C)(C)C)oc2ccccc12. The van der Waals surface area contributed by atoms with E-state index in [2.05, 4.69) is 10.6 Å². The van der Waals surface area contributed by atoms with Crippen molar-refractivity contribution >= 4 is 28.9 Å². The van der Waals surface area contributed by atoms with E-state index < -0.39 is 29.6 Å². The highest BCUT2D eigenvalue weighted by atomic mass is 16.6. The smallest absolute Gasteiger partial charge is 0.375 e. The molecule has 0 saturated heterocycles. The number of esters is 1. The van der Waals surface area contributed by atoms with E-state index in [-0.39, 0.29) is 12.4 Å². The number of hydrogen-bond donors (Lipinski definition) is 2. The molecule has 2 N–H and O–H groups in total. The van der Waals surface area contributed by atoms with Crippen LogP contribution in [0.3, 0.4) is 0 Å². The molecule has 2 rings (SSSR count). The van der Waals surface area contributed by atoms with Gasteiger partial charge >= 0.3 is 12.0 Å². The summed E-state index contributed by atoms with van der Waals surface area (Å²) in [7, 11) is 1.50. The predicted octanol–water partition coefficient (Wildman–Crippen LogP) is 2.75. The lowest BCUT2D eigenvalue weighted by atomic mass is 10.1. The summed E-state index contributed by atoms with van der Waals surface area (Å²) in [6.07, 6.45) is -1.19. The number of methoxy groups -OCH3 is 1. The Morgan fingerprint density at radius 2 is 1.85 bits per heavy atom. The van der Waals surface area contributed by atoms with Crippen LogP contribution in [0.25, 0.3) is 11.0 Å². The van der Waals surface area contributed by atoms with E-state index in [0.29, 0.717) is 11.1 Å². The normalized spacial score (nSPS) is 12.5. The third-order valence-corrected chi connectivity index (χ3v) is 3.55. The zero-order chi connectivity index (χ0) is 20.2. The van der Waals surface area contributed by atoms with Crippen molar-refractivity contribution in [1.82, 2.24) is 10.6 Å². The number of urea groups is 1. The van der Waals surface area contributed by atoms with Crippen LogP contribution in [0, 0.1) is 0 Å². The molecule has 0 bridgehead atoms. The van der Waals surface area contributed by atoms with Crippen molar-refractivity contribution in [2.24, 2.45) is 0 Å². The summed E-state index contributed by atoms with van der Waals surface area (Å²) in [5, 5.41) is 5.45. The molecule has 0 fully saturated rings. The number of furan rings is 1. The zero-order valence-electron chi connectivity index (χ0n) is 16.0. The number of hydrogen-bond acceptors (Lipinski definition) is 6. The molecule has 0 saturated carbocycles. The van der Waals surface area contributed by atoms with Crippen molar-refractivity contribution in [3.05, 3.63) is 35.6 Å². The maximum atomic E-state index is 12.5. The van der Waals surface area contributed by atoms with Crippen molar-refractivity contribution in [1.29, 1.82) is 0 Å². The summed E-state index contributed by atoms with van der Waals surface area (Å²) < 4.78 is 15.9. The van der Waals surface area contributed by atoms with E-state index in [1.54, 1.807) is 39.0 Å². The average molecular weight is 376 g/mol. The molecule has 0 unspecified atom stereocenters. The average Bonchev–Trinajstić information content (AvgIpc) is 2.92. The summed E-state index contributed by atoms with van der Waals surface area (Å²) in [5.74, 6) is -1.58. The monoisotopic (exact) mass is 376 g/mol. The first-order valence-corrected chi connectivity index (χ1v) is 8.45. The maximum Gasteiger partial charge on any atom is 0.375 e. The zero-order valence-corrected chi connectivity index (χ0v) is 16.0. The fraction of sp³-hybridized carbons (Fsp3) is 0.421. The van der Waals surface area contributed by atoms with Gasteiger partial charge in [-0.05, 0) is 33.8 Å². The molecule has 0 aliphatic rings. The molecule has 1 aromatic carbocycles. The van der Waals surface area contributed by atoms with E-state index in [9.17, 15) is 14.4 Å². The van der Waals surface area contributed by atoms with E-state index in [4.69, 9.17) is 13.9 Å². The molecular formula is C19H24N2O6. The first-order chi connectivity index (χ1) is 12.6. The van der Waals surface area contributed by atoms with Crippen LogP contribution in [0.1, 0.15) is 43.8 Å². The quantitative estimate of drug-likeness (QED) is 0.777. The van der Waals surface area contributed by atoms with Crippen LogP contribution in [0.5, 0.6) is 0 Å². The number of benzene rings is 1. The Morgan fingerprint density at radius 3 is 2.48 bits per heavy atom. The molecule has 1 heterocycles. The molecule has 8 heteroatoms. The van der Waals surface area contributed by atoms with Crippen molar-refractivity contribution in [2.45, 2.75) is 45.9 Å². The van der Waals surface area contributed by atoms with Gasteiger partial charge in [-0.15, -0.1) is 0 Å². The Morgan fingerprint density at radius 1 is 1.19 bits per heavy atom. The van der Waals surface area contributed by atoms with Gasteiger partial charge in [0.05, 0.1) is 6.61 Å². The number of carbonyl (C=O) groups is 3. The van der Waals surface area contributed by atoms with Gasteiger partial charge in [0.1, 0.15) is 5.58 Å². The largest absolute Gasteiger partial charge is 0.449 e. The van der Waals surface area contributed by atoms with Crippen LogP contribution in [-0.4, -0.2) is 36.7 Å². The van der Waals surface area contributed by atoms with Crippen molar-refractivity contribution in [3.63, 3.8) is 0 Å². The van der Waals surface area contributed by atoms with E-state index in [1.165, 1.54) is 14.0 Å². The Balaban J connectivity index is 2.10. The Kier molecular flexibility index (Phi) is 6.22. The first kappa shape index (κ1) is 20.4. The van der Waals surface area contributed by atoms with Gasteiger partial charge in [0.15, 0.2) is 6.10 Å². The minimum Gasteiger partial charge on any atom is -0.449 e. The molecule has 1 atom stereocenters. The van der Waals surface area contributed by atoms with Gasteiger partial charge in [0, 0.05) is 23.6 Å². The van der Waals surface area contributed by atoms with Crippen molar-refractivity contribution in [3.8, 4) is 0 Å². The molecule has 0 radical (unpaired) electrons. The van der Waals surface area contributed by atoms with Gasteiger partial charge in [-0.3, -0.25) is 10.1 Å². The van der Waals surface area contributed by atoms with E-state index >= 15 is 0 Å². The van der Waals surface area contributed by atoms with Gasteiger partial charge < -0.3 is 19.2 Å². The predicted molar refractivity (Wildman–Crippen MR) is 98.2 cm³/mol. The Bertz CT molecular complexity index is 849. The van der Waals surface area contributed by atoms with Crippen molar-refractivity contribution < 1.29 is 28.3 Å². The molecule has 8 nitrogen and oxygen atoms in total. The summed E-state index contributed by atoms with van der Waals surface area (Å²) in [4.78, 5) is 36.3. The molecule has 0 aliphatic heterocycles. The van der Waals surface area contributed by atoms with Crippen LogP contribution in [0.2, 0.25) is 0 Å². The minimum atomic E-state index is -1.19. The summed E-state index contributed by atoms with van der Waals surface area (Å²) in [6, 6.07) is 6.45. The molecule has 2 aromatic rings. The van der Waals surface area contributed by atoms with E-state index in [0.717, 1.165) is 5.39 Å². The molecule has 0 aliphatic carbocycles. The number of nitrogens with one attached hydrogen (secondary N) is 2. The highest BCUT2D eigenvalue weighted by Crippen LogP contribution is 2.27. The van der Waals surface area contributed by atoms with Crippen LogP contribution in [0.4, 0.5) is 4.79 Å². The van der Waals surface area contributed by atoms with Gasteiger partial charge in [0.2, 0.25) is 5.76 Å². The lowest BCUT2D eigenvalue weighted by molar-refractivity contribution is -0.128. The minimum absolute atomic E-state index is 0.0307. The van der Waals surface area contributed by atoms with Crippen LogP contribution in [-0.2, 0) is 20.9 Å². The fourth-order valence-corrected chi connectivity index (χ4v) is 2.40. The number of carbonyl (C=O) groups excluding carboxylic acids is 3. The highest BCUT2D eigenvalue weighted by Gasteiger charge is 2.27. The topological polar surface area (TPSA) is 107 Å². The highest BCUT2D eigenvalue weighted by molar-refractivity contribution is 6.00. The third-order valence-electron chi connectivity index (χ3n) is 3.55. The molecular weight excluding hydrogens is 352 g/mol. The molecule has 146 valence electrons. The molecule has 1 aromatic heterocycles. The fourth-order valence-electron chi connectivity index (χ4n) is 2.40. The van der Waals surface area contributed by atoms with Crippen LogP contribution >= 0.6 is 0 Å². The first-order valence-electron chi connectivity index (χ1n) is 8.45. The second-order valence-electron chi connectivity index (χ2n) is 7.08. The number of ether oxygens (including phenoxy) is 2. The number of para-hydroxylation sites is 1. The van der Waals surface area contributed by atoms with Gasteiger partial charge in [-0.25, -0.2) is 9.59 Å². The number of rotatable bonds is 5. The van der Waals surface area contributed by atoms with Gasteiger partial charge in [-0.1, -0.05) is 18.2 Å². The van der Waals surface area contributed by atoms with Crippen LogP contribution < -0.4 is 10.6 Å². The molecule has 0 spiro atoms. The maximum absolute atomic E-state index is 12.5. The van der Waals surface area contributed by atoms with Gasteiger partial charge in [0.25, 0.3) is 5.91 Å². The Labute approximate surface area is 157 Å². The number of amides is 3. The van der Waals surface area contributed by atoms with E-state index in [1.807, 2.05) is 6.07 Å². The van der Waals surface area contributed by atoms with Gasteiger partial charge in [-0.2, -0.15) is 0 Å². The number of fused-ring (bicyclic) bond motifs is 1. The lowest BCUT2D eigenvalue weighted by Gasteiger charge is -2.21. The van der Waals surface area contributed by atoms with Crippen LogP contribution in [0.15, 0.2) is 28.7 Å². The van der Waals surface area contributed by atoms with Crippen molar-refractivity contribution in [2.75, 3.05) is 7.11 Å². The summed E-state index contributed by atoms with van der Waals surface area (Å²) in [5.41, 5.74) is 0.544. The standard InChI is InChI=1S/C19H24N2O6/c1-11(16(22)20-18(24)21-19(2,3)4)26-17(23)15-13(10-25-5)12-8-6-7-9-14(12)27-15/h6-9,11H,10H2,1-5H3,(H2,20,21,22,24)/t11-/m0/s1. The second-order valence-corrected chi connectivity index (χ2v) is 7.08. The lowest BCUT2D eigenvalue weighted by Crippen LogP contribution is -2.50. The molecule has 27 heavy (non-hydrogen) atoms. The summed E-state index contributed by atoms with van der Waals surface area (Å²) >= 11 is 0. The summed E-state index contributed by atoms with van der Waals surface area (Å²) in [6.45, 7) is 6.85. The Hall–Kier alpha value is -2.87. The number of imide groups is 1. The second kappa shape index (κ2) is 8.22.